The van der Waals surface area contributed by atoms with Crippen LogP contribution in [0.4, 0.5) is 20.6 Å². The molecule has 4 N–H and O–H groups in total. The van der Waals surface area contributed by atoms with Crippen LogP contribution in [0.25, 0.3) is 6.08 Å². The number of aliphatic hydroxyl groups excluding tert-OH is 1. The summed E-state index contributed by atoms with van der Waals surface area (Å²) in [6.45, 7) is 16.6. The van der Waals surface area contributed by atoms with Gasteiger partial charge in [-0.25, -0.2) is 9.18 Å². The molecule has 2 aromatic carbocycles. The Morgan fingerprint density at radius 1 is 0.882 bits per heavy atom. The van der Waals surface area contributed by atoms with Crippen LogP contribution in [0.15, 0.2) is 72.3 Å². The Labute approximate surface area is 446 Å². The number of carbonyl (C=O) groups excluding carboxylic acids is 7. The third kappa shape index (κ3) is 17.3. The van der Waals surface area contributed by atoms with E-state index in [2.05, 4.69) is 27.9 Å². The number of aliphatic hydroxyl groups is 1. The molecule has 0 aromatic heterocycles. The number of cyclic esters (lactones) is 1. The number of rotatable bonds is 18. The normalized spacial score (nSPS) is 23.7. The van der Waals surface area contributed by atoms with Gasteiger partial charge in [0.1, 0.15) is 36.7 Å². The van der Waals surface area contributed by atoms with Crippen LogP contribution in [0.2, 0.25) is 0 Å². The van der Waals surface area contributed by atoms with Crippen molar-refractivity contribution in [3.8, 4) is 0 Å². The largest absolute Gasteiger partial charge is 0.457 e. The summed E-state index contributed by atoms with van der Waals surface area (Å²) >= 11 is 0. The molecule has 0 spiro atoms. The number of anilines is 2. The number of hydrogen-bond acceptors (Lipinski definition) is 12. The van der Waals surface area contributed by atoms with Crippen molar-refractivity contribution in [1.29, 1.82) is 0 Å². The van der Waals surface area contributed by atoms with Crippen LogP contribution in [0.3, 0.4) is 0 Å². The van der Waals surface area contributed by atoms with E-state index in [1.165, 1.54) is 29.2 Å². The molecule has 2 fully saturated rings. The van der Waals surface area contributed by atoms with Gasteiger partial charge in [0, 0.05) is 61.1 Å². The molecular weight excluding hydrogens is 978 g/mol. The molecule has 4 aliphatic heterocycles. The van der Waals surface area contributed by atoms with Crippen LogP contribution in [0.1, 0.15) is 97.6 Å². The number of carbonyl (C=O) groups is 7. The van der Waals surface area contributed by atoms with Crippen LogP contribution in [0, 0.1) is 23.6 Å². The molecule has 0 unspecified atom stereocenters. The maximum absolute atomic E-state index is 14.9. The summed E-state index contributed by atoms with van der Waals surface area (Å²) in [4.78, 5) is 94.6. The zero-order chi connectivity index (χ0) is 55.1. The van der Waals surface area contributed by atoms with Gasteiger partial charge in [0.25, 0.3) is 11.8 Å². The molecule has 414 valence electrons. The van der Waals surface area contributed by atoms with Crippen molar-refractivity contribution in [3.63, 3.8) is 0 Å². The van der Waals surface area contributed by atoms with Gasteiger partial charge in [-0.1, -0.05) is 58.4 Å². The Balaban J connectivity index is 0.971. The molecule has 18 nitrogen and oxygen atoms in total. The number of amides is 6. The summed E-state index contributed by atoms with van der Waals surface area (Å²) in [6.07, 6.45) is 7.83. The average Bonchev–Trinajstić information content (AvgIpc) is 3.70. The van der Waals surface area contributed by atoms with Crippen molar-refractivity contribution >= 4 is 59.0 Å². The number of benzene rings is 2. The lowest BCUT2D eigenvalue weighted by Crippen LogP contribution is -2.58. The van der Waals surface area contributed by atoms with E-state index in [1.54, 1.807) is 25.7 Å². The lowest BCUT2D eigenvalue weighted by molar-refractivity contribution is -0.926. The van der Waals surface area contributed by atoms with Gasteiger partial charge in [-0.15, -0.1) is 0 Å². The molecule has 0 radical (unpaired) electrons. The van der Waals surface area contributed by atoms with Gasteiger partial charge in [0.05, 0.1) is 59.0 Å². The Morgan fingerprint density at radius 2 is 1.57 bits per heavy atom. The lowest BCUT2D eigenvalue weighted by Gasteiger charge is -2.42. The second kappa shape index (κ2) is 27.6. The van der Waals surface area contributed by atoms with Gasteiger partial charge in [0.2, 0.25) is 17.7 Å². The first-order valence-corrected chi connectivity index (χ1v) is 26.9. The Bertz CT molecular complexity index is 2450. The number of piperazine rings is 1. The fourth-order valence-corrected chi connectivity index (χ4v) is 9.88. The molecule has 0 saturated carbocycles. The number of ether oxygens (including phenoxy) is 3. The number of unbranched alkanes of at least 4 members (excludes halogenated alkanes) is 2. The molecule has 6 amide bonds. The number of imide groups is 1. The fourth-order valence-electron chi connectivity index (χ4n) is 9.88. The first-order chi connectivity index (χ1) is 36.2. The number of likely N-dealkylation sites (N-methyl/N-ethyl adjacent to an activating group) is 1. The summed E-state index contributed by atoms with van der Waals surface area (Å²) in [7, 11) is 2.14. The second-order valence-electron chi connectivity index (χ2n) is 21.5. The zero-order valence-corrected chi connectivity index (χ0v) is 45.3. The predicted octanol–water partition coefficient (Wildman–Crippen LogP) is 5.89. The van der Waals surface area contributed by atoms with Crippen molar-refractivity contribution in [3.05, 3.63) is 89.3 Å². The fraction of sp³-hybridized carbons (Fsp3) is 0.561. The van der Waals surface area contributed by atoms with Gasteiger partial charge in [-0.3, -0.25) is 38.6 Å². The summed E-state index contributed by atoms with van der Waals surface area (Å²) in [5, 5.41) is 19.2. The number of quaternary nitrogens is 1. The minimum atomic E-state index is -0.944. The van der Waals surface area contributed by atoms with Crippen molar-refractivity contribution in [2.24, 2.45) is 17.8 Å². The molecule has 0 bridgehead atoms. The van der Waals surface area contributed by atoms with Gasteiger partial charge >= 0.3 is 12.1 Å². The highest BCUT2D eigenvalue weighted by Gasteiger charge is 2.35. The van der Waals surface area contributed by atoms with E-state index in [-0.39, 0.29) is 60.7 Å². The Morgan fingerprint density at radius 3 is 2.24 bits per heavy atom. The van der Waals surface area contributed by atoms with E-state index in [9.17, 15) is 43.1 Å². The van der Waals surface area contributed by atoms with Crippen molar-refractivity contribution in [1.82, 2.24) is 20.4 Å². The number of nitrogens with one attached hydrogen (secondary N) is 3. The average molecular weight is 1060 g/mol. The van der Waals surface area contributed by atoms with Crippen LogP contribution < -0.4 is 20.9 Å². The monoisotopic (exact) mass is 1060 g/mol. The van der Waals surface area contributed by atoms with E-state index >= 15 is 0 Å². The van der Waals surface area contributed by atoms with Crippen molar-refractivity contribution < 1.29 is 61.8 Å². The SMILES string of the molecule is C/C(=C\c1cc(F)cc(N2CCOCC2)c1)[C@H]1OC(=O)C[C@H](O)CC[C@H](C)[C@@H](OC(=O)N2CC[N+](C)(Cc3ccc(NC(=O)[C@@H](C)NC(=O)[C@H](NC(=O)CCCCCN4C(=O)C=CC4=O)C(C)C)cc3)CC2)/C=C\[C@@H]1C. The number of morpholine rings is 1. The van der Waals surface area contributed by atoms with Gasteiger partial charge in [-0.2, -0.15) is 0 Å². The first-order valence-electron chi connectivity index (χ1n) is 26.9. The Kier molecular flexibility index (Phi) is 21.3. The summed E-state index contributed by atoms with van der Waals surface area (Å²) < 4.78 is 33.3. The van der Waals surface area contributed by atoms with Crippen LogP contribution in [-0.2, 0) is 49.5 Å². The highest BCUT2D eigenvalue weighted by atomic mass is 19.1. The minimum Gasteiger partial charge on any atom is -0.457 e. The molecular formula is C57H79FN7O11+. The minimum absolute atomic E-state index is 0.168. The highest BCUT2D eigenvalue weighted by Crippen LogP contribution is 2.28. The van der Waals surface area contributed by atoms with Gasteiger partial charge in [0.15, 0.2) is 0 Å². The van der Waals surface area contributed by atoms with Crippen molar-refractivity contribution in [2.75, 3.05) is 76.3 Å². The topological polar surface area (TPSA) is 213 Å². The summed E-state index contributed by atoms with van der Waals surface area (Å²) in [6, 6.07) is 10.6. The predicted molar refractivity (Wildman–Crippen MR) is 286 cm³/mol. The molecule has 4 heterocycles. The van der Waals surface area contributed by atoms with E-state index < -0.39 is 54.3 Å². The van der Waals surface area contributed by atoms with Gasteiger partial charge in [-0.05, 0) is 98.9 Å². The molecule has 7 atom stereocenters. The first kappa shape index (κ1) is 58.8. The van der Waals surface area contributed by atoms with Crippen LogP contribution in [-0.4, -0.2) is 157 Å². The molecule has 4 aliphatic rings. The Hall–Kier alpha value is -6.44. The number of halogens is 1. The van der Waals surface area contributed by atoms with Crippen LogP contribution in [0.5, 0.6) is 0 Å². The summed E-state index contributed by atoms with van der Waals surface area (Å²) in [5.41, 5.74) is 3.65. The lowest BCUT2D eigenvalue weighted by atomic mass is 9.91. The molecule has 0 aliphatic carbocycles. The quantitative estimate of drug-likeness (QED) is 0.0453. The number of hydrogen-bond donors (Lipinski definition) is 4. The maximum Gasteiger partial charge on any atom is 0.410 e. The van der Waals surface area contributed by atoms with Gasteiger partial charge < -0.3 is 44.7 Å². The zero-order valence-electron chi connectivity index (χ0n) is 45.3. The maximum atomic E-state index is 14.9. The van der Waals surface area contributed by atoms with E-state index in [1.807, 2.05) is 69.3 Å². The van der Waals surface area contributed by atoms with Crippen LogP contribution >= 0.6 is 0 Å². The third-order valence-corrected chi connectivity index (χ3v) is 14.7. The summed E-state index contributed by atoms with van der Waals surface area (Å²) in [5.74, 6) is -3.56. The molecule has 6 rings (SSSR count). The smallest absolute Gasteiger partial charge is 0.410 e. The van der Waals surface area contributed by atoms with Crippen molar-refractivity contribution in [2.45, 2.75) is 123 Å². The number of nitrogens with zero attached hydrogens (tertiary/aromatic N) is 4. The highest BCUT2D eigenvalue weighted by molar-refractivity contribution is 6.12. The van der Waals surface area contributed by atoms with E-state index in [4.69, 9.17) is 14.2 Å². The third-order valence-electron chi connectivity index (χ3n) is 14.7. The standard InChI is InChI=1S/C57H78FN7O11/c1-37(2)53(61-49(67)11-9-8-10-22-64-50(68)20-21-51(64)69)56(72)59-41(6)55(71)60-45-16-14-42(15-17-45)36-65(7)27-23-63(24-28-65)57(73)75-48-19-13-39(4)54(76-52(70)35-47(66)18-12-38(48)3)40(5)31-43-32-44(58)34-46(33-43)62-25-29-74-30-26-62/h13-17,19-21,31-34,37-39,41,47-48,53-54,66H,8-12,18,22-30,35-36H2,1-7H3,(H2-,59,60,61,67,71,72)/p+1/b19-13-,40-31+/t38-,39-,41+,47+,48-,53+,54-/m0/s1. The second-order valence-corrected chi connectivity index (χ2v) is 21.5. The van der Waals surface area contributed by atoms with E-state index in [0.717, 1.165) is 11.3 Å². The molecule has 76 heavy (non-hydrogen) atoms. The molecule has 2 aromatic rings. The molecule has 2 saturated heterocycles. The number of esters is 1. The molecule has 19 heteroatoms. The van der Waals surface area contributed by atoms with E-state index in [0.29, 0.717) is 112 Å².